The quantitative estimate of drug-likeness (QED) is 0.138. The summed E-state index contributed by atoms with van der Waals surface area (Å²) in [6.07, 6.45) is 2.92. The van der Waals surface area contributed by atoms with Crippen molar-refractivity contribution in [3.63, 3.8) is 0 Å². The Morgan fingerprint density at radius 1 is 0.929 bits per heavy atom. The number of carbonyl (C=O) groups excluding carboxylic acids is 1. The van der Waals surface area contributed by atoms with E-state index in [-0.39, 0.29) is 18.1 Å². The van der Waals surface area contributed by atoms with Crippen LogP contribution in [0.3, 0.4) is 0 Å². The fraction of sp³-hybridized carbons (Fsp3) is 0.467. The maximum atomic E-state index is 12.7. The lowest BCUT2D eigenvalue weighted by Gasteiger charge is -2.26. The van der Waals surface area contributed by atoms with E-state index < -0.39 is 0 Å². The molecule has 1 amide bonds. The summed E-state index contributed by atoms with van der Waals surface area (Å²) in [5.41, 5.74) is 8.85. The Balaban J connectivity index is 1.38. The first kappa shape index (κ1) is 31.1. The molecule has 1 saturated carbocycles. The Labute approximate surface area is 246 Å². The molecule has 42 heavy (non-hydrogen) atoms. The minimum absolute atomic E-state index is 0.170. The molecule has 0 atom stereocenters. The summed E-state index contributed by atoms with van der Waals surface area (Å²) >= 11 is 0. The summed E-state index contributed by atoms with van der Waals surface area (Å²) in [5, 5.41) is 22.7. The molecular weight excluding hydrogens is 536 g/mol. The van der Waals surface area contributed by atoms with Gasteiger partial charge in [-0.15, -0.1) is 0 Å². The summed E-state index contributed by atoms with van der Waals surface area (Å²) in [6, 6.07) is 15.6. The van der Waals surface area contributed by atoms with Crippen LogP contribution in [0.5, 0.6) is 0 Å². The molecule has 0 aliphatic heterocycles. The van der Waals surface area contributed by atoms with Crippen molar-refractivity contribution in [2.45, 2.75) is 51.3 Å². The largest absolute Gasteiger partial charge is 0.393 e. The standard InChI is InChI=1S/C30H42N8O4/c1-21-5-7-22(8-6-21)20-33-28-36-29(34-24-9-11-26(39)12-10-24)38-30(37-28)35-25-4-2-3-23(19-25)27(40)32-14-16-42-18-17-41-15-13-31/h2-8,19,24,26,39H,9-18,20,31H2,1H3,(H,32,40)(H3,33,34,35,36,37,38). The third-order valence-corrected chi connectivity index (χ3v) is 6.78. The van der Waals surface area contributed by atoms with Gasteiger partial charge in [0.1, 0.15) is 0 Å². The van der Waals surface area contributed by atoms with Crippen molar-refractivity contribution in [3.05, 3.63) is 65.2 Å². The Morgan fingerprint density at radius 3 is 2.40 bits per heavy atom. The first-order chi connectivity index (χ1) is 20.5. The van der Waals surface area contributed by atoms with Gasteiger partial charge in [-0.3, -0.25) is 4.79 Å². The van der Waals surface area contributed by atoms with Crippen molar-refractivity contribution >= 4 is 29.4 Å². The average Bonchev–Trinajstić information content (AvgIpc) is 2.99. The number of aromatic nitrogens is 3. The topological polar surface area (TPSA) is 169 Å². The van der Waals surface area contributed by atoms with Gasteiger partial charge < -0.3 is 41.6 Å². The molecule has 0 saturated heterocycles. The number of amides is 1. The highest BCUT2D eigenvalue weighted by Crippen LogP contribution is 2.23. The minimum Gasteiger partial charge on any atom is -0.393 e. The van der Waals surface area contributed by atoms with E-state index in [1.165, 1.54) is 5.56 Å². The summed E-state index contributed by atoms with van der Waals surface area (Å²) < 4.78 is 10.7. The Bertz CT molecular complexity index is 1250. The highest BCUT2D eigenvalue weighted by atomic mass is 16.5. The predicted octanol–water partition coefficient (Wildman–Crippen LogP) is 2.97. The lowest BCUT2D eigenvalue weighted by Crippen LogP contribution is -2.29. The maximum Gasteiger partial charge on any atom is 0.251 e. The second-order valence-electron chi connectivity index (χ2n) is 10.3. The molecule has 3 aromatic rings. The molecule has 12 nitrogen and oxygen atoms in total. The Morgan fingerprint density at radius 2 is 1.64 bits per heavy atom. The SMILES string of the molecule is Cc1ccc(CNc2nc(Nc3cccc(C(=O)NCCOCCOCCN)c3)nc(NC3CCC(O)CC3)n2)cc1. The van der Waals surface area contributed by atoms with Gasteiger partial charge >= 0.3 is 0 Å². The summed E-state index contributed by atoms with van der Waals surface area (Å²) in [7, 11) is 0. The van der Waals surface area contributed by atoms with Crippen molar-refractivity contribution in [1.82, 2.24) is 20.3 Å². The van der Waals surface area contributed by atoms with Gasteiger partial charge in [0.2, 0.25) is 17.8 Å². The van der Waals surface area contributed by atoms with Gasteiger partial charge in [0.15, 0.2) is 0 Å². The van der Waals surface area contributed by atoms with Crippen molar-refractivity contribution in [1.29, 1.82) is 0 Å². The van der Waals surface area contributed by atoms with Gasteiger partial charge in [-0.05, 0) is 56.4 Å². The molecule has 0 bridgehead atoms. The molecule has 0 spiro atoms. The molecule has 1 aromatic heterocycles. The van der Waals surface area contributed by atoms with Crippen LogP contribution >= 0.6 is 0 Å². The molecule has 7 N–H and O–H groups in total. The third-order valence-electron chi connectivity index (χ3n) is 6.78. The number of carbonyl (C=O) groups is 1. The van der Waals surface area contributed by atoms with Crippen LogP contribution in [-0.2, 0) is 16.0 Å². The summed E-state index contributed by atoms with van der Waals surface area (Å²) in [6.45, 7) is 5.27. The third kappa shape index (κ3) is 10.5. The van der Waals surface area contributed by atoms with E-state index in [4.69, 9.17) is 15.2 Å². The zero-order valence-corrected chi connectivity index (χ0v) is 24.1. The molecule has 12 heteroatoms. The maximum absolute atomic E-state index is 12.7. The van der Waals surface area contributed by atoms with Gasteiger partial charge in [-0.25, -0.2) is 0 Å². The molecular formula is C30H42N8O4. The van der Waals surface area contributed by atoms with E-state index in [9.17, 15) is 9.90 Å². The highest BCUT2D eigenvalue weighted by molar-refractivity contribution is 5.95. The van der Waals surface area contributed by atoms with Crippen LogP contribution in [0, 0.1) is 6.92 Å². The number of anilines is 4. The summed E-state index contributed by atoms with van der Waals surface area (Å²) in [5.74, 6) is 1.01. The van der Waals surface area contributed by atoms with Crippen LogP contribution in [0.4, 0.5) is 23.5 Å². The van der Waals surface area contributed by atoms with Crippen LogP contribution in [0.25, 0.3) is 0 Å². The minimum atomic E-state index is -0.247. The smallest absolute Gasteiger partial charge is 0.251 e. The van der Waals surface area contributed by atoms with E-state index in [0.29, 0.717) is 75.2 Å². The summed E-state index contributed by atoms with van der Waals surface area (Å²) in [4.78, 5) is 26.5. The number of ether oxygens (including phenoxy) is 2. The Kier molecular flexibility index (Phi) is 12.3. The number of hydrogen-bond acceptors (Lipinski definition) is 11. The van der Waals surface area contributed by atoms with Crippen molar-refractivity contribution in [2.75, 3.05) is 55.5 Å². The predicted molar refractivity (Wildman–Crippen MR) is 163 cm³/mol. The fourth-order valence-corrected chi connectivity index (χ4v) is 4.48. The molecule has 0 unspecified atom stereocenters. The van der Waals surface area contributed by atoms with Gasteiger partial charge in [0.25, 0.3) is 5.91 Å². The Hall–Kier alpha value is -3.84. The van der Waals surface area contributed by atoms with Gasteiger partial charge in [0, 0.05) is 36.9 Å². The van der Waals surface area contributed by atoms with E-state index in [1.807, 2.05) is 6.07 Å². The first-order valence-electron chi connectivity index (χ1n) is 14.5. The van der Waals surface area contributed by atoms with Crippen LogP contribution in [-0.4, -0.2) is 77.6 Å². The molecule has 226 valence electrons. The number of rotatable bonds is 16. The van der Waals surface area contributed by atoms with Gasteiger partial charge in [-0.1, -0.05) is 35.9 Å². The molecule has 1 aliphatic carbocycles. The second kappa shape index (κ2) is 16.6. The van der Waals surface area contributed by atoms with Crippen LogP contribution in [0.2, 0.25) is 0 Å². The van der Waals surface area contributed by atoms with Gasteiger partial charge in [-0.2, -0.15) is 15.0 Å². The number of nitrogens with one attached hydrogen (secondary N) is 4. The van der Waals surface area contributed by atoms with E-state index in [0.717, 1.165) is 31.2 Å². The number of nitrogens with zero attached hydrogens (tertiary/aromatic N) is 3. The number of aryl methyl sites for hydroxylation is 1. The van der Waals surface area contributed by atoms with Gasteiger partial charge in [0.05, 0.1) is 32.5 Å². The zero-order valence-electron chi connectivity index (χ0n) is 24.1. The van der Waals surface area contributed by atoms with Crippen LogP contribution in [0.15, 0.2) is 48.5 Å². The average molecular weight is 579 g/mol. The lowest BCUT2D eigenvalue weighted by atomic mass is 9.93. The van der Waals surface area contributed by atoms with E-state index >= 15 is 0 Å². The lowest BCUT2D eigenvalue weighted by molar-refractivity contribution is 0.0511. The number of benzene rings is 2. The molecule has 1 fully saturated rings. The van der Waals surface area contributed by atoms with E-state index in [2.05, 4.69) is 67.4 Å². The molecule has 0 radical (unpaired) electrons. The number of nitrogens with two attached hydrogens (primary N) is 1. The van der Waals surface area contributed by atoms with Crippen molar-refractivity contribution in [3.8, 4) is 0 Å². The van der Waals surface area contributed by atoms with Crippen molar-refractivity contribution < 1.29 is 19.4 Å². The highest BCUT2D eigenvalue weighted by Gasteiger charge is 2.20. The zero-order chi connectivity index (χ0) is 29.6. The molecule has 2 aromatic carbocycles. The van der Waals surface area contributed by atoms with Crippen LogP contribution in [0.1, 0.15) is 47.2 Å². The molecule has 4 rings (SSSR count). The van der Waals surface area contributed by atoms with Crippen LogP contribution < -0.4 is 27.0 Å². The van der Waals surface area contributed by atoms with Crippen molar-refractivity contribution in [2.24, 2.45) is 5.73 Å². The monoisotopic (exact) mass is 578 g/mol. The second-order valence-corrected chi connectivity index (χ2v) is 10.3. The normalized spacial score (nSPS) is 16.5. The first-order valence-corrected chi connectivity index (χ1v) is 14.5. The molecule has 1 aliphatic rings. The van der Waals surface area contributed by atoms with E-state index in [1.54, 1.807) is 18.2 Å². The molecule has 1 heterocycles. The number of aliphatic hydroxyl groups is 1. The fourth-order valence-electron chi connectivity index (χ4n) is 4.48. The number of aliphatic hydroxyl groups excluding tert-OH is 1. The number of hydrogen-bond donors (Lipinski definition) is 6.